The monoisotopic (exact) mass is 374 g/mol. The van der Waals surface area contributed by atoms with Gasteiger partial charge in [0, 0.05) is 12.1 Å². The maximum Gasteiger partial charge on any atom is 0.269 e. The SMILES string of the molecule is C=CCOc1ccc(N(CC=C)S(=O)(=O)c2ccc([N+](=O)[O-])cc2)cc1. The van der Waals surface area contributed by atoms with Crippen molar-refractivity contribution in [3.05, 3.63) is 84.0 Å². The fourth-order valence-electron chi connectivity index (χ4n) is 2.19. The van der Waals surface area contributed by atoms with E-state index >= 15 is 0 Å². The first-order valence-electron chi connectivity index (χ1n) is 7.62. The number of nitrogens with zero attached hydrogens (tertiary/aromatic N) is 2. The Balaban J connectivity index is 2.36. The smallest absolute Gasteiger partial charge is 0.269 e. The van der Waals surface area contributed by atoms with Crippen molar-refractivity contribution in [3.63, 3.8) is 0 Å². The van der Waals surface area contributed by atoms with Crippen LogP contribution in [0.3, 0.4) is 0 Å². The molecule has 0 aliphatic rings. The number of hydrogen-bond acceptors (Lipinski definition) is 5. The number of anilines is 1. The average Bonchev–Trinajstić information content (AvgIpc) is 2.65. The fourth-order valence-corrected chi connectivity index (χ4v) is 3.63. The normalized spacial score (nSPS) is 10.8. The molecule has 0 spiro atoms. The molecule has 0 saturated carbocycles. The third kappa shape index (κ3) is 4.28. The van der Waals surface area contributed by atoms with Crippen molar-refractivity contribution >= 4 is 21.4 Å². The first-order valence-corrected chi connectivity index (χ1v) is 9.06. The first kappa shape index (κ1) is 19.2. The molecule has 0 aromatic heterocycles. The van der Waals surface area contributed by atoms with Gasteiger partial charge in [0.15, 0.2) is 0 Å². The Labute approximate surface area is 152 Å². The summed E-state index contributed by atoms with van der Waals surface area (Å²) < 4.78 is 32.4. The van der Waals surface area contributed by atoms with Gasteiger partial charge in [-0.05, 0) is 36.4 Å². The molecular weight excluding hydrogens is 356 g/mol. The molecule has 2 aromatic carbocycles. The van der Waals surface area contributed by atoms with Crippen molar-refractivity contribution in [1.29, 1.82) is 0 Å². The number of nitro benzene ring substituents is 1. The summed E-state index contributed by atoms with van der Waals surface area (Å²) >= 11 is 0. The standard InChI is InChI=1S/C18H18N2O5S/c1-3-13-19(15-5-9-17(10-6-15)25-14-4-2)26(23,24)18-11-7-16(8-12-18)20(21)22/h3-12H,1-2,13-14H2. The zero-order valence-electron chi connectivity index (χ0n) is 13.9. The lowest BCUT2D eigenvalue weighted by Crippen LogP contribution is -2.31. The lowest BCUT2D eigenvalue weighted by Gasteiger charge is -2.23. The molecule has 0 N–H and O–H groups in total. The van der Waals surface area contributed by atoms with Crippen LogP contribution in [0, 0.1) is 10.1 Å². The van der Waals surface area contributed by atoms with Crippen LogP contribution in [-0.4, -0.2) is 26.5 Å². The molecular formula is C18H18N2O5S. The van der Waals surface area contributed by atoms with E-state index < -0.39 is 14.9 Å². The molecule has 0 amide bonds. The molecule has 0 saturated heterocycles. The Hall–Kier alpha value is -3.13. The zero-order chi connectivity index (χ0) is 19.2. The number of ether oxygens (including phenoxy) is 1. The van der Waals surface area contributed by atoms with Crippen LogP contribution >= 0.6 is 0 Å². The second-order valence-corrected chi connectivity index (χ2v) is 7.03. The molecule has 26 heavy (non-hydrogen) atoms. The van der Waals surface area contributed by atoms with E-state index in [1.54, 1.807) is 30.3 Å². The van der Waals surface area contributed by atoms with Crippen molar-refractivity contribution in [2.45, 2.75) is 4.90 Å². The van der Waals surface area contributed by atoms with E-state index in [1.165, 1.54) is 22.5 Å². The Kier molecular flexibility index (Phi) is 6.13. The number of rotatable bonds is 9. The molecule has 0 heterocycles. The Morgan fingerprint density at radius 2 is 1.65 bits per heavy atom. The van der Waals surface area contributed by atoms with E-state index in [9.17, 15) is 18.5 Å². The van der Waals surface area contributed by atoms with Gasteiger partial charge in [0.05, 0.1) is 22.1 Å². The molecule has 0 unspecified atom stereocenters. The van der Waals surface area contributed by atoms with Crippen LogP contribution in [0.1, 0.15) is 0 Å². The third-order valence-corrected chi connectivity index (χ3v) is 5.23. The van der Waals surface area contributed by atoms with Crippen LogP contribution < -0.4 is 9.04 Å². The van der Waals surface area contributed by atoms with E-state index in [0.717, 1.165) is 12.1 Å². The molecule has 0 aliphatic carbocycles. The molecule has 2 rings (SSSR count). The van der Waals surface area contributed by atoms with Gasteiger partial charge < -0.3 is 4.74 Å². The summed E-state index contributed by atoms with van der Waals surface area (Å²) in [5.74, 6) is 0.583. The van der Waals surface area contributed by atoms with Crippen molar-refractivity contribution in [1.82, 2.24) is 0 Å². The third-order valence-electron chi connectivity index (χ3n) is 3.42. The number of benzene rings is 2. The Bertz CT molecular complexity index is 890. The predicted molar refractivity (Wildman–Crippen MR) is 100.0 cm³/mol. The van der Waals surface area contributed by atoms with Crippen molar-refractivity contribution in [2.75, 3.05) is 17.5 Å². The highest BCUT2D eigenvalue weighted by atomic mass is 32.2. The van der Waals surface area contributed by atoms with Gasteiger partial charge in [-0.1, -0.05) is 18.7 Å². The molecule has 8 heteroatoms. The van der Waals surface area contributed by atoms with Crippen LogP contribution in [0.25, 0.3) is 0 Å². The van der Waals surface area contributed by atoms with Crippen LogP contribution in [0.2, 0.25) is 0 Å². The molecule has 0 atom stereocenters. The van der Waals surface area contributed by atoms with E-state index in [0.29, 0.717) is 18.0 Å². The molecule has 0 fully saturated rings. The zero-order valence-corrected chi connectivity index (χ0v) is 14.8. The second-order valence-electron chi connectivity index (χ2n) is 5.17. The summed E-state index contributed by atoms with van der Waals surface area (Å²) in [5, 5.41) is 10.7. The topological polar surface area (TPSA) is 89.8 Å². The maximum absolute atomic E-state index is 12.9. The van der Waals surface area contributed by atoms with E-state index in [-0.39, 0.29) is 17.1 Å². The van der Waals surface area contributed by atoms with Gasteiger partial charge in [-0.2, -0.15) is 0 Å². The van der Waals surface area contributed by atoms with E-state index in [4.69, 9.17) is 4.74 Å². The van der Waals surface area contributed by atoms with Crippen LogP contribution in [0.15, 0.2) is 78.7 Å². The maximum atomic E-state index is 12.9. The Morgan fingerprint density at radius 3 is 2.15 bits per heavy atom. The summed E-state index contributed by atoms with van der Waals surface area (Å²) in [6, 6.07) is 11.3. The predicted octanol–water partition coefficient (Wildman–Crippen LogP) is 3.54. The minimum absolute atomic E-state index is 0.0445. The van der Waals surface area contributed by atoms with Gasteiger partial charge in [0.25, 0.3) is 15.7 Å². The number of non-ortho nitro benzene ring substituents is 1. The largest absolute Gasteiger partial charge is 0.490 e. The average molecular weight is 374 g/mol. The first-order chi connectivity index (χ1) is 12.4. The summed E-state index contributed by atoms with van der Waals surface area (Å²) in [7, 11) is -3.91. The summed E-state index contributed by atoms with van der Waals surface area (Å²) in [4.78, 5) is 10.1. The van der Waals surface area contributed by atoms with Crippen molar-refractivity contribution in [2.24, 2.45) is 0 Å². The number of hydrogen-bond donors (Lipinski definition) is 0. The highest BCUT2D eigenvalue weighted by Gasteiger charge is 2.24. The summed E-state index contributed by atoms with van der Waals surface area (Å²) in [6.07, 6.45) is 3.07. The molecule has 0 aliphatic heterocycles. The van der Waals surface area contributed by atoms with E-state index in [2.05, 4.69) is 13.2 Å². The van der Waals surface area contributed by atoms with Crippen LogP contribution in [0.4, 0.5) is 11.4 Å². The lowest BCUT2D eigenvalue weighted by atomic mass is 10.3. The molecule has 136 valence electrons. The van der Waals surface area contributed by atoms with Gasteiger partial charge >= 0.3 is 0 Å². The lowest BCUT2D eigenvalue weighted by molar-refractivity contribution is -0.384. The minimum atomic E-state index is -3.91. The van der Waals surface area contributed by atoms with Gasteiger partial charge in [-0.3, -0.25) is 14.4 Å². The van der Waals surface area contributed by atoms with Crippen LogP contribution in [-0.2, 0) is 10.0 Å². The molecule has 0 radical (unpaired) electrons. The molecule has 2 aromatic rings. The van der Waals surface area contributed by atoms with Gasteiger partial charge in [-0.25, -0.2) is 8.42 Å². The van der Waals surface area contributed by atoms with E-state index in [1.807, 2.05) is 0 Å². The highest BCUT2D eigenvalue weighted by molar-refractivity contribution is 7.92. The second kappa shape index (κ2) is 8.30. The van der Waals surface area contributed by atoms with Gasteiger partial charge in [0.1, 0.15) is 12.4 Å². The minimum Gasteiger partial charge on any atom is -0.490 e. The van der Waals surface area contributed by atoms with Crippen LogP contribution in [0.5, 0.6) is 5.75 Å². The van der Waals surface area contributed by atoms with Crippen molar-refractivity contribution < 1.29 is 18.1 Å². The highest BCUT2D eigenvalue weighted by Crippen LogP contribution is 2.27. The van der Waals surface area contributed by atoms with Gasteiger partial charge in [-0.15, -0.1) is 6.58 Å². The number of sulfonamides is 1. The summed E-state index contributed by atoms with van der Waals surface area (Å²) in [5.41, 5.74) is 0.247. The van der Waals surface area contributed by atoms with Gasteiger partial charge in [0.2, 0.25) is 0 Å². The molecule has 7 nitrogen and oxygen atoms in total. The summed E-state index contributed by atoms with van der Waals surface area (Å²) in [6.45, 7) is 7.55. The number of nitro groups is 1. The fraction of sp³-hybridized carbons (Fsp3) is 0.111. The molecule has 0 bridgehead atoms. The van der Waals surface area contributed by atoms with Crippen molar-refractivity contribution in [3.8, 4) is 5.75 Å². The quantitative estimate of drug-likeness (QED) is 0.380. The Morgan fingerprint density at radius 1 is 1.04 bits per heavy atom.